The number of hydrogen-bond acceptors (Lipinski definition) is 5. The number of nitrogens with one attached hydrogen (secondary N) is 1. The van der Waals surface area contributed by atoms with Gasteiger partial charge in [0.15, 0.2) is 0 Å². The molecule has 2 saturated heterocycles. The van der Waals surface area contributed by atoms with Gasteiger partial charge in [0.1, 0.15) is 5.82 Å². The maximum Gasteiger partial charge on any atom is 0.253 e. The molecule has 0 radical (unpaired) electrons. The van der Waals surface area contributed by atoms with Gasteiger partial charge in [-0.2, -0.15) is 0 Å². The fourth-order valence-electron chi connectivity index (χ4n) is 5.78. The van der Waals surface area contributed by atoms with Gasteiger partial charge in [0.25, 0.3) is 5.91 Å². The lowest BCUT2D eigenvalue weighted by Gasteiger charge is -2.53. The number of piperazine rings is 1. The van der Waals surface area contributed by atoms with E-state index in [1.807, 2.05) is 35.2 Å². The third-order valence-corrected chi connectivity index (χ3v) is 7.95. The van der Waals surface area contributed by atoms with Gasteiger partial charge in [0, 0.05) is 49.9 Å². The molecule has 1 N–H and O–H groups in total. The molecule has 1 unspecified atom stereocenters. The third-order valence-electron chi connectivity index (χ3n) is 7.95. The van der Waals surface area contributed by atoms with E-state index in [1.54, 1.807) is 13.1 Å². The molecule has 1 aromatic heterocycles. The number of aromatic nitrogens is 1. The van der Waals surface area contributed by atoms with Crippen molar-refractivity contribution in [2.24, 2.45) is 0 Å². The van der Waals surface area contributed by atoms with Crippen molar-refractivity contribution in [3.8, 4) is 0 Å². The van der Waals surface area contributed by atoms with Gasteiger partial charge < -0.3 is 15.1 Å². The molecule has 0 spiro atoms. The molecule has 2 aromatic rings. The van der Waals surface area contributed by atoms with E-state index in [0.29, 0.717) is 25.2 Å². The Morgan fingerprint density at radius 2 is 1.63 bits per heavy atom. The molecule has 3 heterocycles. The number of carbonyl (C=O) groups is 2. The minimum absolute atomic E-state index is 0.0130. The van der Waals surface area contributed by atoms with Crippen LogP contribution in [0.2, 0.25) is 0 Å². The summed E-state index contributed by atoms with van der Waals surface area (Å²) in [4.78, 5) is 36.5. The van der Waals surface area contributed by atoms with Crippen molar-refractivity contribution in [3.63, 3.8) is 0 Å². The normalized spacial score (nSPS) is 22.6. The second-order valence-electron chi connectivity index (χ2n) is 11.3. The molecule has 188 valence electrons. The van der Waals surface area contributed by atoms with Crippen LogP contribution in [-0.4, -0.2) is 70.4 Å². The Labute approximate surface area is 209 Å². The van der Waals surface area contributed by atoms with Crippen LogP contribution in [0.3, 0.4) is 0 Å². The summed E-state index contributed by atoms with van der Waals surface area (Å²) in [6.45, 7) is 12.6. The zero-order chi connectivity index (χ0) is 25.4. The molecule has 0 aliphatic carbocycles. The Morgan fingerprint density at radius 3 is 2.20 bits per heavy atom. The molecule has 4 rings (SSSR count). The van der Waals surface area contributed by atoms with Gasteiger partial charge in [0.2, 0.25) is 5.91 Å². The topological polar surface area (TPSA) is 68.8 Å². The van der Waals surface area contributed by atoms with Crippen LogP contribution < -0.4 is 10.2 Å². The SMILES string of the molecule is CC(=O)N1CCN(c2ccc(C(=O)NC3CC(C)(C)N(C)C(C)(C)C3)cn2)CC1c1ccccc1. The van der Waals surface area contributed by atoms with Crippen LogP contribution in [0, 0.1) is 0 Å². The van der Waals surface area contributed by atoms with Gasteiger partial charge in [-0.25, -0.2) is 4.98 Å². The monoisotopic (exact) mass is 477 g/mol. The Bertz CT molecular complexity index is 1030. The average Bonchev–Trinajstić information content (AvgIpc) is 2.82. The molecule has 2 amide bonds. The van der Waals surface area contributed by atoms with Crippen molar-refractivity contribution in [1.82, 2.24) is 20.1 Å². The number of pyridine rings is 1. The van der Waals surface area contributed by atoms with Gasteiger partial charge in [-0.05, 0) is 65.3 Å². The van der Waals surface area contributed by atoms with Crippen molar-refractivity contribution in [2.75, 3.05) is 31.6 Å². The summed E-state index contributed by atoms with van der Waals surface area (Å²) in [5.41, 5.74) is 1.72. The van der Waals surface area contributed by atoms with Crippen LogP contribution in [0.5, 0.6) is 0 Å². The molecule has 7 nitrogen and oxygen atoms in total. The fraction of sp³-hybridized carbons (Fsp3) is 0.536. The zero-order valence-electron chi connectivity index (χ0n) is 21.9. The van der Waals surface area contributed by atoms with Crippen molar-refractivity contribution in [3.05, 3.63) is 59.8 Å². The predicted octanol–water partition coefficient (Wildman–Crippen LogP) is 3.87. The van der Waals surface area contributed by atoms with E-state index in [9.17, 15) is 9.59 Å². The van der Waals surface area contributed by atoms with Crippen LogP contribution in [0.15, 0.2) is 48.7 Å². The highest BCUT2D eigenvalue weighted by Crippen LogP contribution is 2.37. The maximum absolute atomic E-state index is 13.0. The van der Waals surface area contributed by atoms with Gasteiger partial charge in [-0.1, -0.05) is 30.3 Å². The summed E-state index contributed by atoms with van der Waals surface area (Å²) in [7, 11) is 2.17. The highest BCUT2D eigenvalue weighted by Gasteiger charge is 2.43. The minimum atomic E-state index is -0.0752. The number of piperidine rings is 1. The molecule has 2 aliphatic heterocycles. The summed E-state index contributed by atoms with van der Waals surface area (Å²) in [6, 6.07) is 14.0. The van der Waals surface area contributed by atoms with E-state index < -0.39 is 0 Å². The van der Waals surface area contributed by atoms with E-state index in [4.69, 9.17) is 0 Å². The van der Waals surface area contributed by atoms with Gasteiger partial charge in [-0.3, -0.25) is 14.5 Å². The molecule has 2 aliphatic rings. The lowest BCUT2D eigenvalue weighted by atomic mass is 9.77. The maximum atomic E-state index is 13.0. The van der Waals surface area contributed by atoms with Crippen molar-refractivity contribution < 1.29 is 9.59 Å². The summed E-state index contributed by atoms with van der Waals surface area (Å²) < 4.78 is 0. The highest BCUT2D eigenvalue weighted by molar-refractivity contribution is 5.94. The summed E-state index contributed by atoms with van der Waals surface area (Å²) in [6.07, 6.45) is 3.49. The molecule has 1 atom stereocenters. The lowest BCUT2D eigenvalue weighted by Crippen LogP contribution is -2.62. The van der Waals surface area contributed by atoms with E-state index in [0.717, 1.165) is 24.2 Å². The second kappa shape index (κ2) is 9.61. The van der Waals surface area contributed by atoms with Crippen LogP contribution in [-0.2, 0) is 4.79 Å². The number of likely N-dealkylation sites (tertiary alicyclic amines) is 1. The number of rotatable bonds is 4. The van der Waals surface area contributed by atoms with Crippen molar-refractivity contribution in [2.45, 2.75) is 70.6 Å². The fourth-order valence-corrected chi connectivity index (χ4v) is 5.78. The number of anilines is 1. The molecular formula is C28H39N5O2. The minimum Gasteiger partial charge on any atom is -0.352 e. The largest absolute Gasteiger partial charge is 0.352 e. The Morgan fingerprint density at radius 1 is 0.971 bits per heavy atom. The van der Waals surface area contributed by atoms with E-state index >= 15 is 0 Å². The van der Waals surface area contributed by atoms with E-state index in [-0.39, 0.29) is 35.0 Å². The standard InChI is InChI=1S/C28H39N5O2/c1-20(34)33-15-14-32(19-24(33)21-10-8-7-9-11-21)25-13-12-22(18-29-25)26(35)30-23-16-27(2,3)31(6)28(4,5)17-23/h7-13,18,23-24H,14-17,19H2,1-6H3,(H,30,35). The van der Waals surface area contributed by atoms with Gasteiger partial charge >= 0.3 is 0 Å². The van der Waals surface area contributed by atoms with Crippen LogP contribution in [0.4, 0.5) is 5.82 Å². The summed E-state index contributed by atoms with van der Waals surface area (Å²) in [5, 5.41) is 3.25. The number of carbonyl (C=O) groups excluding carboxylic acids is 2. The molecule has 35 heavy (non-hydrogen) atoms. The van der Waals surface area contributed by atoms with Crippen molar-refractivity contribution >= 4 is 17.6 Å². The Hall–Kier alpha value is -2.93. The molecule has 0 bridgehead atoms. The summed E-state index contributed by atoms with van der Waals surface area (Å²) in [5.74, 6) is 0.833. The van der Waals surface area contributed by atoms with Gasteiger partial charge in [0.05, 0.1) is 11.6 Å². The number of amides is 2. The van der Waals surface area contributed by atoms with Gasteiger partial charge in [-0.15, -0.1) is 0 Å². The first-order valence-corrected chi connectivity index (χ1v) is 12.6. The predicted molar refractivity (Wildman–Crippen MR) is 139 cm³/mol. The lowest BCUT2D eigenvalue weighted by molar-refractivity contribution is -0.131. The highest BCUT2D eigenvalue weighted by atomic mass is 16.2. The zero-order valence-corrected chi connectivity index (χ0v) is 21.9. The first kappa shape index (κ1) is 25.2. The quantitative estimate of drug-likeness (QED) is 0.724. The average molecular weight is 478 g/mol. The molecule has 0 saturated carbocycles. The van der Waals surface area contributed by atoms with Crippen LogP contribution in [0.25, 0.3) is 0 Å². The summed E-state index contributed by atoms with van der Waals surface area (Å²) >= 11 is 0. The van der Waals surface area contributed by atoms with E-state index in [2.05, 4.69) is 67.0 Å². The number of hydrogen-bond donors (Lipinski definition) is 1. The molecule has 7 heteroatoms. The molecular weight excluding hydrogens is 438 g/mol. The third kappa shape index (κ3) is 5.35. The Balaban J connectivity index is 1.44. The Kier molecular flexibility index (Phi) is 6.91. The smallest absolute Gasteiger partial charge is 0.253 e. The second-order valence-corrected chi connectivity index (χ2v) is 11.3. The van der Waals surface area contributed by atoms with Crippen molar-refractivity contribution in [1.29, 1.82) is 0 Å². The van der Waals surface area contributed by atoms with E-state index in [1.165, 1.54) is 0 Å². The number of benzene rings is 1. The molecule has 2 fully saturated rings. The first-order valence-electron chi connectivity index (χ1n) is 12.6. The number of nitrogens with zero attached hydrogens (tertiary/aromatic N) is 4. The molecule has 1 aromatic carbocycles. The van der Waals surface area contributed by atoms with Crippen LogP contribution >= 0.6 is 0 Å². The first-order chi connectivity index (χ1) is 16.5. The van der Waals surface area contributed by atoms with Crippen LogP contribution in [0.1, 0.15) is 69.4 Å².